The molecule has 0 amide bonds. The zero-order valence-electron chi connectivity index (χ0n) is 8.40. The third-order valence-corrected chi connectivity index (χ3v) is 2.06. The molecule has 76 valence electrons. The number of hydrogen-bond donors (Lipinski definition) is 1. The Labute approximate surface area is 87.6 Å². The number of ether oxygens (including phenoxy) is 1. The van der Waals surface area contributed by atoms with Gasteiger partial charge in [0.2, 0.25) is 0 Å². The molecule has 0 radical (unpaired) electrons. The van der Waals surface area contributed by atoms with Crippen LogP contribution in [0.25, 0.3) is 10.9 Å². The van der Waals surface area contributed by atoms with Crippen molar-refractivity contribution in [3.8, 4) is 18.1 Å². The predicted molar refractivity (Wildman–Crippen MR) is 59.5 cm³/mol. The molecule has 1 aromatic carbocycles. The second-order valence-corrected chi connectivity index (χ2v) is 3.24. The van der Waals surface area contributed by atoms with Gasteiger partial charge in [0, 0.05) is 24.7 Å². The van der Waals surface area contributed by atoms with Gasteiger partial charge in [-0.25, -0.2) is 0 Å². The van der Waals surface area contributed by atoms with Gasteiger partial charge < -0.3 is 10.5 Å². The minimum Gasteiger partial charge on any atom is -0.479 e. The van der Waals surface area contributed by atoms with E-state index >= 15 is 0 Å². The number of nitrogens with zero attached hydrogens (tertiary/aromatic N) is 2. The normalized spacial score (nSPS) is 10.1. The summed E-state index contributed by atoms with van der Waals surface area (Å²) in [5.41, 5.74) is 7.23. The van der Waals surface area contributed by atoms with Crippen LogP contribution in [0.4, 0.5) is 5.69 Å². The number of rotatable bonds is 2. The maximum Gasteiger partial charge on any atom is 0.148 e. The van der Waals surface area contributed by atoms with Crippen molar-refractivity contribution in [1.29, 1.82) is 0 Å². The van der Waals surface area contributed by atoms with Crippen LogP contribution in [0.3, 0.4) is 0 Å². The number of nitrogens with two attached hydrogens (primary N) is 1. The van der Waals surface area contributed by atoms with Crippen LogP contribution in [0.5, 0.6) is 5.75 Å². The Bertz CT molecular complexity index is 536. The number of nitrogen functional groups attached to an aromatic ring is 1. The molecule has 0 unspecified atom stereocenters. The zero-order chi connectivity index (χ0) is 10.8. The smallest absolute Gasteiger partial charge is 0.148 e. The van der Waals surface area contributed by atoms with Gasteiger partial charge in [-0.05, 0) is 6.07 Å². The molecule has 1 aromatic heterocycles. The van der Waals surface area contributed by atoms with Crippen molar-refractivity contribution in [2.24, 2.45) is 7.05 Å². The molecule has 1 heterocycles. The van der Waals surface area contributed by atoms with Crippen molar-refractivity contribution in [3.05, 3.63) is 18.3 Å². The highest BCUT2D eigenvalue weighted by Crippen LogP contribution is 2.26. The van der Waals surface area contributed by atoms with Crippen LogP contribution in [-0.4, -0.2) is 16.4 Å². The van der Waals surface area contributed by atoms with Crippen LogP contribution in [-0.2, 0) is 7.05 Å². The monoisotopic (exact) mass is 201 g/mol. The van der Waals surface area contributed by atoms with E-state index in [1.165, 1.54) is 0 Å². The highest BCUT2D eigenvalue weighted by Gasteiger charge is 2.05. The average Bonchev–Trinajstić information content (AvgIpc) is 2.53. The average molecular weight is 201 g/mol. The molecule has 0 atom stereocenters. The van der Waals surface area contributed by atoms with Gasteiger partial charge in [0.05, 0.1) is 11.2 Å². The first kappa shape index (κ1) is 9.41. The summed E-state index contributed by atoms with van der Waals surface area (Å²) >= 11 is 0. The largest absolute Gasteiger partial charge is 0.479 e. The van der Waals surface area contributed by atoms with Crippen LogP contribution in [0.2, 0.25) is 0 Å². The van der Waals surface area contributed by atoms with Gasteiger partial charge in [0.1, 0.15) is 12.4 Å². The molecule has 0 fully saturated rings. The van der Waals surface area contributed by atoms with E-state index in [2.05, 4.69) is 11.0 Å². The lowest BCUT2D eigenvalue weighted by Gasteiger charge is -2.05. The molecule has 0 spiro atoms. The minimum absolute atomic E-state index is 0.211. The minimum atomic E-state index is 0.211. The van der Waals surface area contributed by atoms with Gasteiger partial charge in [-0.2, -0.15) is 5.10 Å². The van der Waals surface area contributed by atoms with Crippen molar-refractivity contribution < 1.29 is 4.74 Å². The van der Waals surface area contributed by atoms with E-state index in [4.69, 9.17) is 16.9 Å². The summed E-state index contributed by atoms with van der Waals surface area (Å²) < 4.78 is 7.02. The third-order valence-electron chi connectivity index (χ3n) is 2.06. The lowest BCUT2D eigenvalue weighted by Crippen LogP contribution is -1.97. The Kier molecular flexibility index (Phi) is 2.22. The summed E-state index contributed by atoms with van der Waals surface area (Å²) in [7, 11) is 1.86. The van der Waals surface area contributed by atoms with Crippen LogP contribution >= 0.6 is 0 Å². The Hall–Kier alpha value is -2.15. The summed E-state index contributed by atoms with van der Waals surface area (Å²) in [6, 6.07) is 3.62. The van der Waals surface area contributed by atoms with Crippen molar-refractivity contribution in [2.75, 3.05) is 12.3 Å². The number of hydrogen-bond acceptors (Lipinski definition) is 3. The SMILES string of the molecule is C#CCOc1cc2nn(C)cc2cc1N. The second-order valence-electron chi connectivity index (χ2n) is 3.24. The van der Waals surface area contributed by atoms with E-state index in [0.717, 1.165) is 10.9 Å². The first-order chi connectivity index (χ1) is 7.20. The van der Waals surface area contributed by atoms with E-state index in [-0.39, 0.29) is 6.61 Å². The summed E-state index contributed by atoms with van der Waals surface area (Å²) in [6.45, 7) is 0.211. The molecule has 0 bridgehead atoms. The molecule has 0 saturated carbocycles. The highest BCUT2D eigenvalue weighted by molar-refractivity contribution is 5.84. The fraction of sp³-hybridized carbons (Fsp3) is 0.182. The summed E-state index contributed by atoms with van der Waals surface area (Å²) in [5.74, 6) is 2.98. The maximum absolute atomic E-state index is 5.81. The van der Waals surface area contributed by atoms with Crippen LogP contribution in [0.1, 0.15) is 0 Å². The second kappa shape index (κ2) is 3.54. The molecule has 0 aliphatic carbocycles. The number of anilines is 1. The molecule has 2 rings (SSSR count). The molecule has 0 saturated heterocycles. The van der Waals surface area contributed by atoms with Gasteiger partial charge in [-0.15, -0.1) is 6.42 Å². The predicted octanol–water partition coefficient (Wildman–Crippen LogP) is 1.17. The fourth-order valence-corrected chi connectivity index (χ4v) is 1.44. The first-order valence-electron chi connectivity index (χ1n) is 4.50. The van der Waals surface area contributed by atoms with Gasteiger partial charge in [0.15, 0.2) is 0 Å². The van der Waals surface area contributed by atoms with Crippen molar-refractivity contribution >= 4 is 16.6 Å². The van der Waals surface area contributed by atoms with Crippen LogP contribution in [0.15, 0.2) is 18.3 Å². The van der Waals surface area contributed by atoms with E-state index < -0.39 is 0 Å². The summed E-state index contributed by atoms with van der Waals surface area (Å²) in [4.78, 5) is 0. The molecule has 2 N–H and O–H groups in total. The lowest BCUT2D eigenvalue weighted by molar-refractivity contribution is 0.373. The quantitative estimate of drug-likeness (QED) is 0.586. The standard InChI is InChI=1S/C11H11N3O/c1-3-4-15-11-6-10-8(5-9(11)12)7-14(2)13-10/h1,5-7H,4,12H2,2H3. The Morgan fingerprint density at radius 1 is 1.60 bits per heavy atom. The topological polar surface area (TPSA) is 53.1 Å². The van der Waals surface area contributed by atoms with Crippen molar-refractivity contribution in [3.63, 3.8) is 0 Å². The van der Waals surface area contributed by atoms with Gasteiger partial charge >= 0.3 is 0 Å². The molecular formula is C11H11N3O. The van der Waals surface area contributed by atoms with Gasteiger partial charge in [-0.1, -0.05) is 5.92 Å². The van der Waals surface area contributed by atoms with Crippen molar-refractivity contribution in [2.45, 2.75) is 0 Å². The third kappa shape index (κ3) is 1.72. The highest BCUT2D eigenvalue weighted by atomic mass is 16.5. The molecule has 0 aliphatic heterocycles. The summed E-state index contributed by atoms with van der Waals surface area (Å²) in [5, 5.41) is 5.24. The molecule has 15 heavy (non-hydrogen) atoms. The van der Waals surface area contributed by atoms with Crippen LogP contribution in [0, 0.1) is 12.3 Å². The van der Waals surface area contributed by atoms with E-state index in [1.807, 2.05) is 19.3 Å². The van der Waals surface area contributed by atoms with Crippen LogP contribution < -0.4 is 10.5 Å². The summed E-state index contributed by atoms with van der Waals surface area (Å²) in [6.07, 6.45) is 7.01. The first-order valence-corrected chi connectivity index (χ1v) is 4.50. The fourth-order valence-electron chi connectivity index (χ4n) is 1.44. The molecule has 4 heteroatoms. The van der Waals surface area contributed by atoms with E-state index in [0.29, 0.717) is 11.4 Å². The number of benzene rings is 1. The molecule has 0 aliphatic rings. The van der Waals surface area contributed by atoms with E-state index in [9.17, 15) is 0 Å². The molecule has 2 aromatic rings. The van der Waals surface area contributed by atoms with Gasteiger partial charge in [-0.3, -0.25) is 4.68 Å². The number of terminal acetylenes is 1. The van der Waals surface area contributed by atoms with Crippen molar-refractivity contribution in [1.82, 2.24) is 9.78 Å². The zero-order valence-corrected chi connectivity index (χ0v) is 8.40. The van der Waals surface area contributed by atoms with Gasteiger partial charge in [0.25, 0.3) is 0 Å². The Morgan fingerprint density at radius 2 is 2.40 bits per heavy atom. The Morgan fingerprint density at radius 3 is 3.13 bits per heavy atom. The number of fused-ring (bicyclic) bond motifs is 1. The number of aryl methyl sites for hydroxylation is 1. The number of aromatic nitrogens is 2. The lowest BCUT2D eigenvalue weighted by atomic mass is 10.2. The molecule has 4 nitrogen and oxygen atoms in total. The Balaban J connectivity index is 2.47. The maximum atomic E-state index is 5.81. The molecular weight excluding hydrogens is 190 g/mol. The van der Waals surface area contributed by atoms with E-state index in [1.54, 1.807) is 10.7 Å².